The number of benzene rings is 1. The van der Waals surface area contributed by atoms with Gasteiger partial charge in [0.2, 0.25) is 0 Å². The first-order valence-electron chi connectivity index (χ1n) is 6.42. The van der Waals surface area contributed by atoms with Gasteiger partial charge in [-0.1, -0.05) is 35.7 Å². The molecule has 0 radical (unpaired) electrons. The highest BCUT2D eigenvalue weighted by molar-refractivity contribution is 9.10. The summed E-state index contributed by atoms with van der Waals surface area (Å²) >= 11 is 3.47. The Hall–Kier alpha value is -0.540. The van der Waals surface area contributed by atoms with Crippen molar-refractivity contribution in [2.45, 2.75) is 51.2 Å². The van der Waals surface area contributed by atoms with E-state index in [0.717, 1.165) is 28.6 Å². The van der Waals surface area contributed by atoms with Crippen LogP contribution in [0.25, 0.3) is 0 Å². The summed E-state index contributed by atoms with van der Waals surface area (Å²) in [6.45, 7) is 2.22. The van der Waals surface area contributed by atoms with Gasteiger partial charge in [-0.05, 0) is 31.0 Å². The zero-order chi connectivity index (χ0) is 12.3. The SMILES string of the molecule is CCCCCC1C[C@@H](N)c2cc(Br)ccc2O1. The van der Waals surface area contributed by atoms with Crippen molar-refractivity contribution in [3.63, 3.8) is 0 Å². The van der Waals surface area contributed by atoms with E-state index in [0.29, 0.717) is 6.10 Å². The van der Waals surface area contributed by atoms with Crippen molar-refractivity contribution < 1.29 is 4.74 Å². The molecule has 1 aromatic rings. The van der Waals surface area contributed by atoms with Crippen LogP contribution in [0.15, 0.2) is 22.7 Å². The molecule has 0 bridgehead atoms. The first-order chi connectivity index (χ1) is 8.20. The maximum Gasteiger partial charge on any atom is 0.124 e. The summed E-state index contributed by atoms with van der Waals surface area (Å²) < 4.78 is 7.07. The Balaban J connectivity index is 2.03. The van der Waals surface area contributed by atoms with E-state index in [4.69, 9.17) is 10.5 Å². The molecule has 1 heterocycles. The average Bonchev–Trinajstić information content (AvgIpc) is 2.31. The first kappa shape index (κ1) is 12.9. The van der Waals surface area contributed by atoms with Crippen LogP contribution in [0.2, 0.25) is 0 Å². The van der Waals surface area contributed by atoms with Crippen molar-refractivity contribution in [3.8, 4) is 5.75 Å². The Morgan fingerprint density at radius 2 is 2.24 bits per heavy atom. The molecular weight excluding hydrogens is 278 g/mol. The zero-order valence-corrected chi connectivity index (χ0v) is 11.9. The number of rotatable bonds is 4. The van der Waals surface area contributed by atoms with Gasteiger partial charge in [-0.15, -0.1) is 0 Å². The van der Waals surface area contributed by atoms with Crippen molar-refractivity contribution in [2.75, 3.05) is 0 Å². The van der Waals surface area contributed by atoms with E-state index in [1.807, 2.05) is 12.1 Å². The van der Waals surface area contributed by atoms with Crippen LogP contribution in [0, 0.1) is 0 Å². The van der Waals surface area contributed by atoms with Crippen LogP contribution in [-0.2, 0) is 0 Å². The van der Waals surface area contributed by atoms with Crippen molar-refractivity contribution in [1.29, 1.82) is 0 Å². The van der Waals surface area contributed by atoms with Crippen molar-refractivity contribution >= 4 is 15.9 Å². The monoisotopic (exact) mass is 297 g/mol. The predicted molar refractivity (Wildman–Crippen MR) is 74.2 cm³/mol. The van der Waals surface area contributed by atoms with Gasteiger partial charge in [0.25, 0.3) is 0 Å². The Bertz CT molecular complexity index is 380. The minimum absolute atomic E-state index is 0.114. The first-order valence-corrected chi connectivity index (χ1v) is 7.21. The molecule has 0 fully saturated rings. The van der Waals surface area contributed by atoms with Crippen LogP contribution in [-0.4, -0.2) is 6.10 Å². The van der Waals surface area contributed by atoms with Crippen molar-refractivity contribution in [2.24, 2.45) is 5.73 Å². The summed E-state index contributed by atoms with van der Waals surface area (Å²) in [6, 6.07) is 6.22. The van der Waals surface area contributed by atoms with Crippen LogP contribution in [0.4, 0.5) is 0 Å². The van der Waals surface area contributed by atoms with Crippen LogP contribution >= 0.6 is 15.9 Å². The third-order valence-corrected chi connectivity index (χ3v) is 3.80. The fourth-order valence-corrected chi connectivity index (χ4v) is 2.73. The van der Waals surface area contributed by atoms with Crippen LogP contribution in [0.3, 0.4) is 0 Å². The van der Waals surface area contributed by atoms with Gasteiger partial charge in [0.1, 0.15) is 11.9 Å². The molecule has 1 aliphatic rings. The van der Waals surface area contributed by atoms with E-state index in [1.54, 1.807) is 0 Å². The van der Waals surface area contributed by atoms with E-state index in [9.17, 15) is 0 Å². The summed E-state index contributed by atoms with van der Waals surface area (Å²) in [5.41, 5.74) is 7.34. The normalized spacial score (nSPS) is 23.0. The highest BCUT2D eigenvalue weighted by Gasteiger charge is 2.25. The zero-order valence-electron chi connectivity index (χ0n) is 10.3. The second kappa shape index (κ2) is 5.87. The summed E-state index contributed by atoms with van der Waals surface area (Å²) in [7, 11) is 0. The lowest BCUT2D eigenvalue weighted by atomic mass is 9.95. The lowest BCUT2D eigenvalue weighted by Gasteiger charge is -2.30. The summed E-state index contributed by atoms with van der Waals surface area (Å²) in [5, 5.41) is 0. The van der Waals surface area contributed by atoms with Gasteiger partial charge in [-0.3, -0.25) is 0 Å². The molecule has 0 aliphatic carbocycles. The predicted octanol–water partition coefficient (Wildman–Crippen LogP) is 4.18. The smallest absolute Gasteiger partial charge is 0.124 e. The standard InChI is InChI=1S/C14H20BrNO/c1-2-3-4-5-11-9-13(16)12-8-10(15)6-7-14(12)17-11/h6-8,11,13H,2-5,9,16H2,1H3/t11?,13-/m1/s1. The lowest BCUT2D eigenvalue weighted by molar-refractivity contribution is 0.147. The molecule has 17 heavy (non-hydrogen) atoms. The Labute approximate surface area is 112 Å². The van der Waals surface area contributed by atoms with Crippen LogP contribution in [0.1, 0.15) is 50.6 Å². The van der Waals surface area contributed by atoms with Gasteiger partial charge in [0, 0.05) is 22.5 Å². The molecule has 0 aromatic heterocycles. The molecule has 3 heteroatoms. The number of ether oxygens (including phenoxy) is 1. The summed E-state index contributed by atoms with van der Waals surface area (Å²) in [4.78, 5) is 0. The van der Waals surface area contributed by atoms with Gasteiger partial charge in [0.15, 0.2) is 0 Å². The van der Waals surface area contributed by atoms with Gasteiger partial charge >= 0.3 is 0 Å². The van der Waals surface area contributed by atoms with Crippen molar-refractivity contribution in [3.05, 3.63) is 28.2 Å². The molecule has 1 aliphatic heterocycles. The number of nitrogens with two attached hydrogens (primary N) is 1. The second-order valence-electron chi connectivity index (χ2n) is 4.76. The molecule has 2 atom stereocenters. The molecule has 94 valence electrons. The lowest BCUT2D eigenvalue weighted by Crippen LogP contribution is -2.29. The fourth-order valence-electron chi connectivity index (χ4n) is 2.35. The highest BCUT2D eigenvalue weighted by Crippen LogP contribution is 2.36. The minimum Gasteiger partial charge on any atom is -0.490 e. The molecule has 2 nitrogen and oxygen atoms in total. The Morgan fingerprint density at radius 1 is 1.41 bits per heavy atom. The van der Waals surface area contributed by atoms with Gasteiger partial charge < -0.3 is 10.5 Å². The third kappa shape index (κ3) is 3.23. The van der Waals surface area contributed by atoms with Crippen LogP contribution in [0.5, 0.6) is 5.75 Å². The molecule has 2 rings (SSSR count). The molecular formula is C14H20BrNO. The second-order valence-corrected chi connectivity index (χ2v) is 5.68. The Morgan fingerprint density at radius 3 is 3.00 bits per heavy atom. The minimum atomic E-state index is 0.114. The third-order valence-electron chi connectivity index (χ3n) is 3.31. The molecule has 0 amide bonds. The number of fused-ring (bicyclic) bond motifs is 1. The number of hydrogen-bond donors (Lipinski definition) is 1. The molecule has 1 unspecified atom stereocenters. The van der Waals surface area contributed by atoms with Crippen LogP contribution < -0.4 is 10.5 Å². The van der Waals surface area contributed by atoms with E-state index in [1.165, 1.54) is 19.3 Å². The number of hydrogen-bond acceptors (Lipinski definition) is 2. The maximum atomic E-state index is 6.21. The Kier molecular flexibility index (Phi) is 4.46. The van der Waals surface area contributed by atoms with E-state index in [-0.39, 0.29) is 6.04 Å². The van der Waals surface area contributed by atoms with E-state index >= 15 is 0 Å². The quantitative estimate of drug-likeness (QED) is 0.846. The fraction of sp³-hybridized carbons (Fsp3) is 0.571. The topological polar surface area (TPSA) is 35.2 Å². The molecule has 0 saturated heterocycles. The summed E-state index contributed by atoms with van der Waals surface area (Å²) in [5.74, 6) is 0.966. The molecule has 1 aromatic carbocycles. The molecule has 0 saturated carbocycles. The van der Waals surface area contributed by atoms with Gasteiger partial charge in [0.05, 0.1) is 0 Å². The average molecular weight is 298 g/mol. The molecule has 0 spiro atoms. The van der Waals surface area contributed by atoms with E-state index < -0.39 is 0 Å². The summed E-state index contributed by atoms with van der Waals surface area (Å²) in [6.07, 6.45) is 6.12. The van der Waals surface area contributed by atoms with E-state index in [2.05, 4.69) is 28.9 Å². The molecule has 2 N–H and O–H groups in total. The van der Waals surface area contributed by atoms with Gasteiger partial charge in [-0.2, -0.15) is 0 Å². The van der Waals surface area contributed by atoms with Gasteiger partial charge in [-0.25, -0.2) is 0 Å². The largest absolute Gasteiger partial charge is 0.490 e. The maximum absolute atomic E-state index is 6.21. The number of halogens is 1. The highest BCUT2D eigenvalue weighted by atomic mass is 79.9. The van der Waals surface area contributed by atoms with Crippen molar-refractivity contribution in [1.82, 2.24) is 0 Å². The number of unbranched alkanes of at least 4 members (excludes halogenated alkanes) is 2.